The van der Waals surface area contributed by atoms with Crippen LogP contribution < -0.4 is 10.1 Å². The number of benzene rings is 2. The summed E-state index contributed by atoms with van der Waals surface area (Å²) in [6, 6.07) is 15.8. The molecule has 0 saturated heterocycles. The molecule has 0 bridgehead atoms. The van der Waals surface area contributed by atoms with Crippen molar-refractivity contribution in [2.75, 3.05) is 11.9 Å². The number of anilines is 1. The number of pyridine rings is 1. The van der Waals surface area contributed by atoms with Crippen molar-refractivity contribution in [2.45, 2.75) is 17.3 Å². The molecule has 3 aromatic rings. The topological polar surface area (TPSA) is 92.1 Å². The molecule has 4 rings (SSSR count). The Bertz CT molecular complexity index is 1170. The number of hydrogen-bond acceptors (Lipinski definition) is 6. The van der Waals surface area contributed by atoms with Gasteiger partial charge in [-0.2, -0.15) is 5.26 Å². The highest BCUT2D eigenvalue weighted by Gasteiger charge is 2.34. The first-order chi connectivity index (χ1) is 13.5. The summed E-state index contributed by atoms with van der Waals surface area (Å²) in [5, 5.41) is 12.1. The molecular formula is C21H17N3O3S. The zero-order chi connectivity index (χ0) is 19.7. The number of sulfone groups is 1. The number of ether oxygens (including phenoxy) is 1. The number of aryl methyl sites for hydroxylation is 1. The molecule has 28 heavy (non-hydrogen) atoms. The number of nitriles is 1. The van der Waals surface area contributed by atoms with Gasteiger partial charge in [0.05, 0.1) is 35.0 Å². The van der Waals surface area contributed by atoms with E-state index in [-0.39, 0.29) is 11.4 Å². The van der Waals surface area contributed by atoms with Crippen molar-refractivity contribution >= 4 is 15.5 Å². The fourth-order valence-electron chi connectivity index (χ4n) is 3.05. The molecule has 0 radical (unpaired) electrons. The molecule has 0 aliphatic carbocycles. The van der Waals surface area contributed by atoms with Crippen LogP contribution in [0.25, 0.3) is 11.1 Å². The first-order valence-corrected chi connectivity index (χ1v) is 10.2. The molecule has 1 aromatic heterocycles. The average molecular weight is 391 g/mol. The molecule has 1 N–H and O–H groups in total. The molecule has 0 fully saturated rings. The van der Waals surface area contributed by atoms with E-state index < -0.39 is 15.3 Å². The van der Waals surface area contributed by atoms with Crippen molar-refractivity contribution in [3.05, 3.63) is 72.1 Å². The minimum Gasteiger partial charge on any atom is -0.469 e. The number of nitrogens with zero attached hydrogens (tertiary/aromatic N) is 2. The van der Waals surface area contributed by atoms with Gasteiger partial charge in [-0.05, 0) is 36.8 Å². The van der Waals surface area contributed by atoms with E-state index in [1.807, 2.05) is 6.92 Å². The Morgan fingerprint density at radius 1 is 1.11 bits per heavy atom. The van der Waals surface area contributed by atoms with Gasteiger partial charge in [0.15, 0.2) is 5.75 Å². The zero-order valence-corrected chi connectivity index (χ0v) is 15.9. The largest absolute Gasteiger partial charge is 0.469 e. The van der Waals surface area contributed by atoms with Gasteiger partial charge in [-0.15, -0.1) is 0 Å². The van der Waals surface area contributed by atoms with E-state index in [4.69, 9.17) is 10.00 Å². The molecule has 2 aromatic carbocycles. The lowest BCUT2D eigenvalue weighted by Crippen LogP contribution is -2.38. The molecule has 1 aliphatic rings. The van der Waals surface area contributed by atoms with Gasteiger partial charge in [0.1, 0.15) is 0 Å². The van der Waals surface area contributed by atoms with Crippen molar-refractivity contribution in [3.8, 4) is 22.9 Å². The Kier molecular flexibility index (Phi) is 4.49. The summed E-state index contributed by atoms with van der Waals surface area (Å²) in [6.45, 7) is 2.03. The van der Waals surface area contributed by atoms with Crippen LogP contribution in [0.1, 0.15) is 11.1 Å². The van der Waals surface area contributed by atoms with Gasteiger partial charge in [-0.3, -0.25) is 4.98 Å². The maximum Gasteiger partial charge on any atom is 0.220 e. The predicted molar refractivity (Wildman–Crippen MR) is 106 cm³/mol. The van der Waals surface area contributed by atoms with Crippen molar-refractivity contribution in [2.24, 2.45) is 0 Å². The second kappa shape index (κ2) is 6.98. The number of rotatable bonds is 3. The summed E-state index contributed by atoms with van der Waals surface area (Å²) in [6.07, 6.45) is 3.24. The van der Waals surface area contributed by atoms with Gasteiger partial charge < -0.3 is 10.1 Å². The van der Waals surface area contributed by atoms with Gasteiger partial charge in [-0.1, -0.05) is 29.8 Å². The quantitative estimate of drug-likeness (QED) is 0.734. The molecule has 0 spiro atoms. The molecule has 0 amide bonds. The minimum absolute atomic E-state index is 0.127. The van der Waals surface area contributed by atoms with Crippen LogP contribution in [0.5, 0.6) is 5.75 Å². The Morgan fingerprint density at radius 2 is 1.82 bits per heavy atom. The van der Waals surface area contributed by atoms with Crippen LogP contribution in [0.15, 0.2) is 65.8 Å². The standard InChI is InChI=1S/C21H17N3O3S/c1-14-2-8-17(9-3-14)28(25,26)20-13-24-19-12-23-11-18(21(19)27-20)16-6-4-15(10-22)5-7-16/h2-9,11-12,20,24H,13H2,1H3. The highest BCUT2D eigenvalue weighted by atomic mass is 32.2. The molecule has 140 valence electrons. The summed E-state index contributed by atoms with van der Waals surface area (Å²) in [5.74, 6) is 0.437. The van der Waals surface area contributed by atoms with Crippen LogP contribution in [-0.4, -0.2) is 25.4 Å². The first kappa shape index (κ1) is 18.0. The second-order valence-electron chi connectivity index (χ2n) is 6.54. The SMILES string of the molecule is Cc1ccc(S(=O)(=O)C2CNc3cncc(-c4ccc(C#N)cc4)c3O2)cc1. The van der Waals surface area contributed by atoms with Crippen LogP contribution in [0.4, 0.5) is 5.69 Å². The summed E-state index contributed by atoms with van der Waals surface area (Å²) in [7, 11) is -3.68. The minimum atomic E-state index is -3.68. The molecular weight excluding hydrogens is 374 g/mol. The normalized spacial score (nSPS) is 15.6. The van der Waals surface area contributed by atoms with E-state index in [2.05, 4.69) is 16.4 Å². The summed E-state index contributed by atoms with van der Waals surface area (Å²) >= 11 is 0. The monoisotopic (exact) mass is 391 g/mol. The van der Waals surface area contributed by atoms with E-state index in [1.54, 1.807) is 60.9 Å². The van der Waals surface area contributed by atoms with Crippen molar-refractivity contribution in [1.82, 2.24) is 4.98 Å². The van der Waals surface area contributed by atoms with Gasteiger partial charge >= 0.3 is 0 Å². The fraction of sp³-hybridized carbons (Fsp3) is 0.143. The van der Waals surface area contributed by atoms with Crippen LogP contribution in [-0.2, 0) is 9.84 Å². The lowest BCUT2D eigenvalue weighted by atomic mass is 10.0. The maximum atomic E-state index is 13.0. The smallest absolute Gasteiger partial charge is 0.220 e. The molecule has 1 atom stereocenters. The third-order valence-electron chi connectivity index (χ3n) is 4.63. The van der Waals surface area contributed by atoms with Gasteiger partial charge in [-0.25, -0.2) is 8.42 Å². The van der Waals surface area contributed by atoms with E-state index in [0.29, 0.717) is 22.6 Å². The maximum absolute atomic E-state index is 13.0. The van der Waals surface area contributed by atoms with E-state index in [0.717, 1.165) is 11.1 Å². The summed E-state index contributed by atoms with van der Waals surface area (Å²) < 4.78 is 32.0. The first-order valence-electron chi connectivity index (χ1n) is 8.68. The van der Waals surface area contributed by atoms with E-state index >= 15 is 0 Å². The van der Waals surface area contributed by atoms with Crippen LogP contribution in [0.3, 0.4) is 0 Å². The lowest BCUT2D eigenvalue weighted by molar-refractivity contribution is 0.277. The Labute approximate surface area is 163 Å². The number of fused-ring (bicyclic) bond motifs is 1. The lowest BCUT2D eigenvalue weighted by Gasteiger charge is -2.28. The summed E-state index contributed by atoms with van der Waals surface area (Å²) in [4.78, 5) is 4.44. The van der Waals surface area contributed by atoms with E-state index in [9.17, 15) is 8.42 Å². The van der Waals surface area contributed by atoms with Crippen LogP contribution in [0.2, 0.25) is 0 Å². The fourth-order valence-corrected chi connectivity index (χ4v) is 4.40. The van der Waals surface area contributed by atoms with Crippen LogP contribution in [0, 0.1) is 18.3 Å². The second-order valence-corrected chi connectivity index (χ2v) is 8.63. The van der Waals surface area contributed by atoms with Gasteiger partial charge in [0, 0.05) is 11.8 Å². The Balaban J connectivity index is 1.71. The van der Waals surface area contributed by atoms with Gasteiger partial charge in [0.25, 0.3) is 0 Å². The number of hydrogen-bond donors (Lipinski definition) is 1. The predicted octanol–water partition coefficient (Wildman–Crippen LogP) is 3.53. The third kappa shape index (κ3) is 3.19. The Morgan fingerprint density at radius 3 is 2.50 bits per heavy atom. The highest BCUT2D eigenvalue weighted by Crippen LogP contribution is 2.39. The van der Waals surface area contributed by atoms with E-state index in [1.165, 1.54) is 0 Å². The Hall–Kier alpha value is -3.37. The average Bonchev–Trinajstić information content (AvgIpc) is 2.73. The molecule has 0 saturated carbocycles. The molecule has 7 heteroatoms. The van der Waals surface area contributed by atoms with Crippen LogP contribution >= 0.6 is 0 Å². The van der Waals surface area contributed by atoms with Gasteiger partial charge in [0.2, 0.25) is 15.3 Å². The van der Waals surface area contributed by atoms with Crippen molar-refractivity contribution in [3.63, 3.8) is 0 Å². The summed E-state index contributed by atoms with van der Waals surface area (Å²) in [5.41, 5.74) is 2.57. The number of nitrogens with one attached hydrogen (secondary N) is 1. The van der Waals surface area contributed by atoms with Crippen molar-refractivity contribution < 1.29 is 13.2 Å². The molecule has 6 nitrogen and oxygen atoms in total. The number of aromatic nitrogens is 1. The molecule has 1 aliphatic heterocycles. The molecule has 2 heterocycles. The molecule has 1 unspecified atom stereocenters. The third-order valence-corrected chi connectivity index (χ3v) is 6.51. The zero-order valence-electron chi connectivity index (χ0n) is 15.1. The highest BCUT2D eigenvalue weighted by molar-refractivity contribution is 7.92. The van der Waals surface area contributed by atoms with Crippen molar-refractivity contribution in [1.29, 1.82) is 5.26 Å².